The quantitative estimate of drug-likeness (QED) is 0.473. The van der Waals surface area contributed by atoms with E-state index in [0.29, 0.717) is 34.3 Å². The molecular formula is C23H24ClN3O5S. The molecule has 33 heavy (non-hydrogen) atoms. The van der Waals surface area contributed by atoms with Gasteiger partial charge in [-0.3, -0.25) is 0 Å². The van der Waals surface area contributed by atoms with Gasteiger partial charge in [0.2, 0.25) is 0 Å². The summed E-state index contributed by atoms with van der Waals surface area (Å²) in [6, 6.07) is 12.5. The summed E-state index contributed by atoms with van der Waals surface area (Å²) in [5, 5.41) is 9.72. The van der Waals surface area contributed by atoms with E-state index in [9.17, 15) is 13.7 Å². The molecule has 1 unspecified atom stereocenters. The number of nitriles is 1. The zero-order chi connectivity index (χ0) is 24.2. The molecule has 8 nitrogen and oxygen atoms in total. The molecule has 0 spiro atoms. The van der Waals surface area contributed by atoms with Crippen molar-refractivity contribution in [2.24, 2.45) is 5.73 Å². The minimum Gasteiger partial charge on any atom is -0.491 e. The lowest BCUT2D eigenvalue weighted by Crippen LogP contribution is -2.34. The second-order valence-corrected chi connectivity index (χ2v) is 10.0. The topological polar surface area (TPSA) is 128 Å². The van der Waals surface area contributed by atoms with E-state index in [1.54, 1.807) is 36.4 Å². The van der Waals surface area contributed by atoms with Crippen LogP contribution in [0.2, 0.25) is 5.02 Å². The predicted molar refractivity (Wildman–Crippen MR) is 123 cm³/mol. The van der Waals surface area contributed by atoms with E-state index >= 15 is 0 Å². The molecule has 0 radical (unpaired) electrons. The highest BCUT2D eigenvalue weighted by molar-refractivity contribution is 7.90. The summed E-state index contributed by atoms with van der Waals surface area (Å²) < 4.78 is 39.9. The molecule has 0 fully saturated rings. The van der Waals surface area contributed by atoms with Gasteiger partial charge in [0.05, 0.1) is 22.7 Å². The summed E-state index contributed by atoms with van der Waals surface area (Å²) in [6.07, 6.45) is 2.91. The van der Waals surface area contributed by atoms with Crippen LogP contribution in [0.15, 0.2) is 52.2 Å². The number of hydrogen-bond acceptors (Lipinski definition) is 8. The first kappa shape index (κ1) is 24.6. The Bertz CT molecular complexity index is 1280. The van der Waals surface area contributed by atoms with Gasteiger partial charge in [0, 0.05) is 6.26 Å². The monoisotopic (exact) mass is 489 g/mol. The molecule has 10 heteroatoms. The molecule has 3 aromatic rings. The van der Waals surface area contributed by atoms with Crippen LogP contribution in [0.5, 0.6) is 11.5 Å². The number of aromatic nitrogens is 1. The highest BCUT2D eigenvalue weighted by atomic mass is 35.5. The molecule has 1 atom stereocenters. The Morgan fingerprint density at radius 1 is 1.21 bits per heavy atom. The molecule has 1 heterocycles. The van der Waals surface area contributed by atoms with E-state index in [1.165, 1.54) is 0 Å². The Morgan fingerprint density at radius 2 is 1.91 bits per heavy atom. The van der Waals surface area contributed by atoms with Gasteiger partial charge in [0.1, 0.15) is 18.4 Å². The number of rotatable bonds is 9. The number of benzene rings is 2. The Morgan fingerprint density at radius 3 is 2.52 bits per heavy atom. The number of oxazole rings is 1. The van der Waals surface area contributed by atoms with Gasteiger partial charge in [-0.1, -0.05) is 30.7 Å². The van der Waals surface area contributed by atoms with E-state index in [4.69, 9.17) is 31.2 Å². The van der Waals surface area contributed by atoms with Crippen molar-refractivity contribution in [3.63, 3.8) is 0 Å². The summed E-state index contributed by atoms with van der Waals surface area (Å²) in [6.45, 7) is 4.14. The standard InChI is InChI=1S/C23H24ClN3O5S/c1-4-9-30-21-15(12-25)10-17(11-19(21)24)23(2,26)16-5-7-18(8-6-16)31-13-20-22(27-14-32-20)33(3,28)29/h5-8,10-11,14H,4,9,13,26H2,1-3H3. The Balaban J connectivity index is 1.81. The fraction of sp³-hybridized carbons (Fsp3) is 0.304. The van der Waals surface area contributed by atoms with Crippen molar-refractivity contribution in [3.8, 4) is 17.6 Å². The predicted octanol–water partition coefficient (Wildman–Crippen LogP) is 4.19. The van der Waals surface area contributed by atoms with Gasteiger partial charge >= 0.3 is 0 Å². The van der Waals surface area contributed by atoms with Crippen molar-refractivity contribution >= 4 is 21.4 Å². The minimum atomic E-state index is -3.51. The maximum absolute atomic E-state index is 11.7. The van der Waals surface area contributed by atoms with Gasteiger partial charge in [-0.15, -0.1) is 0 Å². The molecule has 0 aliphatic carbocycles. The molecule has 0 saturated carbocycles. The van der Waals surface area contributed by atoms with Crippen LogP contribution in [0.1, 0.15) is 42.7 Å². The van der Waals surface area contributed by atoms with Gasteiger partial charge in [0.25, 0.3) is 0 Å². The van der Waals surface area contributed by atoms with Crippen LogP contribution in [0.25, 0.3) is 0 Å². The zero-order valence-corrected chi connectivity index (χ0v) is 20.0. The Hall–Kier alpha value is -3.06. The highest BCUT2D eigenvalue weighted by Gasteiger charge is 2.27. The molecule has 0 saturated heterocycles. The summed E-state index contributed by atoms with van der Waals surface area (Å²) in [7, 11) is -3.51. The third-order valence-corrected chi connectivity index (χ3v) is 6.31. The van der Waals surface area contributed by atoms with Gasteiger partial charge < -0.3 is 19.6 Å². The van der Waals surface area contributed by atoms with E-state index < -0.39 is 15.4 Å². The first-order chi connectivity index (χ1) is 15.6. The number of ether oxygens (including phenoxy) is 2. The molecule has 2 aromatic carbocycles. The lowest BCUT2D eigenvalue weighted by Gasteiger charge is -2.27. The second kappa shape index (κ2) is 9.83. The first-order valence-corrected chi connectivity index (χ1v) is 12.4. The lowest BCUT2D eigenvalue weighted by molar-refractivity contribution is 0.265. The number of nitrogens with two attached hydrogens (primary N) is 1. The summed E-state index contributed by atoms with van der Waals surface area (Å²) in [5.41, 5.74) is 7.41. The van der Waals surface area contributed by atoms with Crippen LogP contribution in [0.4, 0.5) is 0 Å². The third-order valence-electron chi connectivity index (χ3n) is 4.99. The minimum absolute atomic E-state index is 0.0952. The molecule has 174 valence electrons. The molecule has 1 aromatic heterocycles. The van der Waals surface area contributed by atoms with Crippen molar-refractivity contribution in [1.29, 1.82) is 5.26 Å². The number of sulfone groups is 1. The van der Waals surface area contributed by atoms with Gasteiger partial charge in [0.15, 0.2) is 32.8 Å². The van der Waals surface area contributed by atoms with Crippen LogP contribution in [0, 0.1) is 11.3 Å². The SMILES string of the molecule is CCCOc1c(Cl)cc(C(C)(N)c2ccc(OCc3ocnc3S(C)(=O)=O)cc2)cc1C#N. The van der Waals surface area contributed by atoms with Crippen LogP contribution >= 0.6 is 11.6 Å². The van der Waals surface area contributed by atoms with Gasteiger partial charge in [-0.05, 0) is 48.7 Å². The number of halogens is 1. The highest BCUT2D eigenvalue weighted by Crippen LogP contribution is 2.36. The van der Waals surface area contributed by atoms with Gasteiger partial charge in [-0.2, -0.15) is 5.26 Å². The van der Waals surface area contributed by atoms with Crippen LogP contribution in [0.3, 0.4) is 0 Å². The molecule has 0 bridgehead atoms. The molecule has 0 aliphatic heterocycles. The maximum atomic E-state index is 11.7. The number of nitrogens with zero attached hydrogens (tertiary/aromatic N) is 2. The largest absolute Gasteiger partial charge is 0.491 e. The average Bonchev–Trinajstić information content (AvgIpc) is 3.26. The van der Waals surface area contributed by atoms with E-state index in [0.717, 1.165) is 24.6 Å². The maximum Gasteiger partial charge on any atom is 0.200 e. The van der Waals surface area contributed by atoms with Gasteiger partial charge in [-0.25, -0.2) is 13.4 Å². The summed E-state index contributed by atoms with van der Waals surface area (Å²) in [5.74, 6) is 0.962. The molecule has 0 amide bonds. The summed E-state index contributed by atoms with van der Waals surface area (Å²) in [4.78, 5) is 3.73. The number of hydrogen-bond donors (Lipinski definition) is 1. The smallest absolute Gasteiger partial charge is 0.200 e. The first-order valence-electron chi connectivity index (χ1n) is 10.1. The molecule has 3 rings (SSSR count). The molecular weight excluding hydrogens is 466 g/mol. The lowest BCUT2D eigenvalue weighted by atomic mass is 9.85. The Labute approximate surface area is 197 Å². The fourth-order valence-electron chi connectivity index (χ4n) is 3.20. The van der Waals surface area contributed by atoms with Crippen molar-refractivity contribution in [2.45, 2.75) is 37.4 Å². The van der Waals surface area contributed by atoms with E-state index in [-0.39, 0.29) is 17.4 Å². The summed E-state index contributed by atoms with van der Waals surface area (Å²) >= 11 is 6.39. The third kappa shape index (κ3) is 5.47. The Kier molecular flexibility index (Phi) is 7.32. The van der Waals surface area contributed by atoms with Crippen molar-refractivity contribution in [3.05, 3.63) is 70.3 Å². The average molecular weight is 490 g/mol. The second-order valence-electron chi connectivity index (χ2n) is 7.66. The molecule has 0 aliphatic rings. The van der Waals surface area contributed by atoms with Crippen molar-refractivity contribution in [2.75, 3.05) is 12.9 Å². The van der Waals surface area contributed by atoms with E-state index in [1.807, 2.05) is 13.8 Å². The fourth-order valence-corrected chi connectivity index (χ4v) is 4.23. The van der Waals surface area contributed by atoms with E-state index in [2.05, 4.69) is 11.1 Å². The normalized spacial score (nSPS) is 13.2. The van der Waals surface area contributed by atoms with Crippen molar-refractivity contribution < 1.29 is 22.3 Å². The zero-order valence-electron chi connectivity index (χ0n) is 18.5. The molecule has 2 N–H and O–H groups in total. The van der Waals surface area contributed by atoms with Crippen LogP contribution < -0.4 is 15.2 Å². The van der Waals surface area contributed by atoms with Crippen LogP contribution in [-0.2, 0) is 22.0 Å². The van der Waals surface area contributed by atoms with Crippen molar-refractivity contribution in [1.82, 2.24) is 4.98 Å². The van der Waals surface area contributed by atoms with Crippen LogP contribution in [-0.4, -0.2) is 26.3 Å².